The second kappa shape index (κ2) is 6.92. The summed E-state index contributed by atoms with van der Waals surface area (Å²) in [6.07, 6.45) is 0.926. The van der Waals surface area contributed by atoms with Gasteiger partial charge in [0.2, 0.25) is 0 Å². The molecular weight excluding hydrogens is 370 g/mol. The van der Waals surface area contributed by atoms with E-state index in [4.69, 9.17) is 9.47 Å². The highest BCUT2D eigenvalue weighted by molar-refractivity contribution is 7.90. The van der Waals surface area contributed by atoms with E-state index in [1.54, 1.807) is 53.7 Å². The van der Waals surface area contributed by atoms with Gasteiger partial charge < -0.3 is 9.47 Å². The Morgan fingerprint density at radius 2 is 1.52 bits per heavy atom. The minimum Gasteiger partial charge on any atom is -0.457 e. The first-order valence-electron chi connectivity index (χ1n) is 8.32. The van der Waals surface area contributed by atoms with Crippen LogP contribution in [0.2, 0.25) is 0 Å². The third kappa shape index (κ3) is 5.26. The fourth-order valence-corrected chi connectivity index (χ4v) is 3.53. The van der Waals surface area contributed by atoms with Gasteiger partial charge in [0.1, 0.15) is 16.9 Å². The van der Waals surface area contributed by atoms with E-state index in [0.29, 0.717) is 0 Å². The predicted molar refractivity (Wildman–Crippen MR) is 99.9 cm³/mol. The average Bonchev–Trinajstić information content (AvgIpc) is 2.73. The Bertz CT molecular complexity index is 943. The Hall–Kier alpha value is -2.48. The quantitative estimate of drug-likeness (QED) is 0.578. The zero-order valence-electron chi connectivity index (χ0n) is 16.2. The van der Waals surface area contributed by atoms with Crippen LogP contribution in [0.25, 0.3) is 0 Å². The number of benzene rings is 1. The van der Waals surface area contributed by atoms with E-state index in [-0.39, 0.29) is 21.7 Å². The summed E-state index contributed by atoms with van der Waals surface area (Å²) in [6, 6.07) is 6.09. The molecule has 146 valence electrons. The van der Waals surface area contributed by atoms with Gasteiger partial charge in [-0.3, -0.25) is 0 Å². The van der Waals surface area contributed by atoms with Crippen molar-refractivity contribution in [2.24, 2.45) is 4.40 Å². The van der Waals surface area contributed by atoms with Gasteiger partial charge >= 0.3 is 11.9 Å². The Morgan fingerprint density at radius 1 is 0.963 bits per heavy atom. The molecule has 0 amide bonds. The average molecular weight is 393 g/mol. The highest BCUT2D eigenvalue weighted by Gasteiger charge is 2.35. The van der Waals surface area contributed by atoms with Gasteiger partial charge in [-0.1, -0.05) is 18.2 Å². The van der Waals surface area contributed by atoms with E-state index in [9.17, 15) is 18.0 Å². The molecule has 1 aromatic carbocycles. The van der Waals surface area contributed by atoms with Crippen LogP contribution in [-0.4, -0.2) is 37.3 Å². The highest BCUT2D eigenvalue weighted by Crippen LogP contribution is 2.30. The lowest BCUT2D eigenvalue weighted by Crippen LogP contribution is -2.29. The van der Waals surface area contributed by atoms with E-state index in [2.05, 4.69) is 4.40 Å². The van der Waals surface area contributed by atoms with E-state index < -0.39 is 33.2 Å². The molecule has 0 atom stereocenters. The molecule has 2 rings (SSSR count). The van der Waals surface area contributed by atoms with Crippen molar-refractivity contribution in [1.82, 2.24) is 0 Å². The summed E-state index contributed by atoms with van der Waals surface area (Å²) < 4.78 is 38.9. The molecule has 0 aliphatic carbocycles. The molecule has 0 N–H and O–H groups in total. The van der Waals surface area contributed by atoms with Gasteiger partial charge in [0.15, 0.2) is 0 Å². The number of sulfonamides is 1. The van der Waals surface area contributed by atoms with E-state index in [1.807, 2.05) is 0 Å². The lowest BCUT2D eigenvalue weighted by atomic mass is 10.0. The van der Waals surface area contributed by atoms with Crippen LogP contribution in [0.5, 0.6) is 0 Å². The van der Waals surface area contributed by atoms with Gasteiger partial charge in [0.05, 0.1) is 10.5 Å². The highest BCUT2D eigenvalue weighted by atomic mass is 32.2. The molecule has 1 aliphatic heterocycles. The molecule has 0 unspecified atom stereocenters. The van der Waals surface area contributed by atoms with Crippen LogP contribution in [0.1, 0.15) is 47.1 Å². The van der Waals surface area contributed by atoms with Crippen LogP contribution >= 0.6 is 0 Å². The molecule has 0 radical (unpaired) electrons. The fraction of sp³-hybridized carbons (Fsp3) is 0.421. The standard InChI is InChI=1S/C19H23NO6S/c1-18(2,3)25-15(21)11-13(17(22)26-19(4,5)6)16-12-9-7-8-10-14(12)27(23,24)20-16/h7-11H,1-6H3/b13-11+. The van der Waals surface area contributed by atoms with E-state index in [1.165, 1.54) is 12.1 Å². The van der Waals surface area contributed by atoms with Crippen molar-refractivity contribution in [2.45, 2.75) is 57.6 Å². The second-order valence-electron chi connectivity index (χ2n) is 8.00. The van der Waals surface area contributed by atoms with Gasteiger partial charge in [-0.2, -0.15) is 12.8 Å². The normalized spacial score (nSPS) is 16.4. The van der Waals surface area contributed by atoms with Gasteiger partial charge in [-0.05, 0) is 47.6 Å². The molecule has 8 heteroatoms. The number of carbonyl (C=O) groups excluding carboxylic acids is 2. The maximum Gasteiger partial charge on any atom is 0.341 e. The molecule has 0 aromatic heterocycles. The third-order valence-electron chi connectivity index (χ3n) is 3.17. The molecule has 0 spiro atoms. The summed E-state index contributed by atoms with van der Waals surface area (Å²) in [5.74, 6) is -1.66. The minimum absolute atomic E-state index is 0.0290. The molecule has 7 nitrogen and oxygen atoms in total. The van der Waals surface area contributed by atoms with Crippen molar-refractivity contribution in [3.05, 3.63) is 41.5 Å². The van der Waals surface area contributed by atoms with Crippen molar-refractivity contribution < 1.29 is 27.5 Å². The van der Waals surface area contributed by atoms with Crippen LogP contribution in [0, 0.1) is 0 Å². The van der Waals surface area contributed by atoms with Crippen LogP contribution < -0.4 is 0 Å². The number of nitrogens with zero attached hydrogens (tertiary/aromatic N) is 1. The number of fused-ring (bicyclic) bond motifs is 1. The fourth-order valence-electron chi connectivity index (χ4n) is 2.31. The summed E-state index contributed by atoms with van der Waals surface area (Å²) in [5.41, 5.74) is -1.80. The number of rotatable bonds is 3. The molecule has 1 aromatic rings. The third-order valence-corrected chi connectivity index (χ3v) is 4.51. The largest absolute Gasteiger partial charge is 0.457 e. The molecule has 0 saturated carbocycles. The van der Waals surface area contributed by atoms with Crippen LogP contribution in [-0.2, 0) is 29.1 Å². The molecule has 27 heavy (non-hydrogen) atoms. The summed E-state index contributed by atoms with van der Waals surface area (Å²) in [7, 11) is -3.96. The van der Waals surface area contributed by atoms with Crippen LogP contribution in [0.15, 0.2) is 45.2 Å². The summed E-state index contributed by atoms with van der Waals surface area (Å²) in [5, 5.41) is 0. The SMILES string of the molecule is CC(C)(C)OC(=O)/C=C(/C(=O)OC(C)(C)C)C1=NS(=O)(=O)c2ccccc21. The maximum absolute atomic E-state index is 12.7. The van der Waals surface area contributed by atoms with Gasteiger partial charge in [0.25, 0.3) is 10.0 Å². The Balaban J connectivity index is 2.58. The second-order valence-corrected chi connectivity index (χ2v) is 9.58. The van der Waals surface area contributed by atoms with E-state index in [0.717, 1.165) is 6.08 Å². The summed E-state index contributed by atoms with van der Waals surface area (Å²) in [4.78, 5) is 24.9. The molecule has 0 saturated heterocycles. The molecular formula is C19H23NO6S. The number of carbonyl (C=O) groups is 2. The smallest absolute Gasteiger partial charge is 0.341 e. The van der Waals surface area contributed by atoms with Crippen molar-refractivity contribution in [3.8, 4) is 0 Å². The Kier molecular flexibility index (Phi) is 5.34. The minimum atomic E-state index is -3.96. The van der Waals surface area contributed by atoms with Gasteiger partial charge in [-0.25, -0.2) is 9.59 Å². The number of ether oxygens (including phenoxy) is 2. The predicted octanol–water partition coefficient (Wildman–Crippen LogP) is 2.79. The molecule has 1 heterocycles. The van der Waals surface area contributed by atoms with Crippen molar-refractivity contribution >= 4 is 27.7 Å². The Morgan fingerprint density at radius 3 is 2.07 bits per heavy atom. The summed E-state index contributed by atoms with van der Waals surface area (Å²) in [6.45, 7) is 10.0. The van der Waals surface area contributed by atoms with E-state index >= 15 is 0 Å². The number of hydrogen-bond acceptors (Lipinski definition) is 6. The number of esters is 2. The first-order chi connectivity index (χ1) is 12.2. The lowest BCUT2D eigenvalue weighted by Gasteiger charge is -2.21. The van der Waals surface area contributed by atoms with Crippen LogP contribution in [0.3, 0.4) is 0 Å². The summed E-state index contributed by atoms with van der Waals surface area (Å²) >= 11 is 0. The van der Waals surface area contributed by atoms with Crippen molar-refractivity contribution in [2.75, 3.05) is 0 Å². The van der Waals surface area contributed by atoms with Crippen molar-refractivity contribution in [3.63, 3.8) is 0 Å². The first kappa shape index (κ1) is 20.8. The van der Waals surface area contributed by atoms with Gasteiger partial charge in [-0.15, -0.1) is 0 Å². The topological polar surface area (TPSA) is 99.1 Å². The monoisotopic (exact) mass is 393 g/mol. The lowest BCUT2D eigenvalue weighted by molar-refractivity contribution is -0.152. The molecule has 0 fully saturated rings. The molecule has 0 bridgehead atoms. The zero-order chi connectivity index (χ0) is 20.6. The maximum atomic E-state index is 12.7. The van der Waals surface area contributed by atoms with Crippen molar-refractivity contribution in [1.29, 1.82) is 0 Å². The van der Waals surface area contributed by atoms with Crippen LogP contribution in [0.4, 0.5) is 0 Å². The number of hydrogen-bond donors (Lipinski definition) is 0. The zero-order valence-corrected chi connectivity index (χ0v) is 17.0. The molecule has 1 aliphatic rings. The van der Waals surface area contributed by atoms with Gasteiger partial charge in [0, 0.05) is 11.6 Å². The Labute approximate surface area is 159 Å². The first-order valence-corrected chi connectivity index (χ1v) is 9.76.